The third kappa shape index (κ3) is 4.78. The smallest absolute Gasteiger partial charge is 0.277 e. The van der Waals surface area contributed by atoms with Crippen molar-refractivity contribution in [2.24, 2.45) is 0 Å². The summed E-state index contributed by atoms with van der Waals surface area (Å²) in [4.78, 5) is 36.5. The van der Waals surface area contributed by atoms with Crippen LogP contribution in [0.15, 0.2) is 60.0 Å². The van der Waals surface area contributed by atoms with Crippen LogP contribution in [0.25, 0.3) is 0 Å². The number of carbonyl (C=O) groups is 1. The van der Waals surface area contributed by atoms with Gasteiger partial charge in [-0.2, -0.15) is 0 Å². The molecular weight excluding hydrogens is 410 g/mol. The van der Waals surface area contributed by atoms with Gasteiger partial charge in [0.1, 0.15) is 5.75 Å². The number of carbonyl (C=O) groups excluding carboxylic acids is 1. The van der Waals surface area contributed by atoms with Crippen molar-refractivity contribution in [1.29, 1.82) is 0 Å². The lowest BCUT2D eigenvalue weighted by Crippen LogP contribution is -2.30. The van der Waals surface area contributed by atoms with E-state index >= 15 is 0 Å². The molecule has 0 aliphatic heterocycles. The molecule has 1 amide bonds. The van der Waals surface area contributed by atoms with E-state index in [4.69, 9.17) is 4.74 Å². The molecule has 0 N–H and O–H groups in total. The molecule has 0 unspecified atom stereocenters. The van der Waals surface area contributed by atoms with Gasteiger partial charge in [0, 0.05) is 22.6 Å². The zero-order valence-corrected chi connectivity index (χ0v) is 16.7. The van der Waals surface area contributed by atoms with Crippen LogP contribution in [0.3, 0.4) is 0 Å². The van der Waals surface area contributed by atoms with E-state index in [1.807, 2.05) is 29.6 Å². The maximum atomic E-state index is 13.3. The Kier molecular flexibility index (Phi) is 6.38. The predicted octanol–water partition coefficient (Wildman–Crippen LogP) is 4.42. The Hall–Kier alpha value is -3.79. The molecule has 2 aromatic carbocycles. The summed E-state index contributed by atoms with van der Waals surface area (Å²) in [5.74, 6) is 0.0348. The van der Waals surface area contributed by atoms with Crippen molar-refractivity contribution in [3.05, 3.63) is 96.2 Å². The fraction of sp³-hybridized carbons (Fsp3) is 0.150. The minimum Gasteiger partial charge on any atom is -0.496 e. The normalized spacial score (nSPS) is 10.4. The largest absolute Gasteiger partial charge is 0.496 e. The molecule has 30 heavy (non-hydrogen) atoms. The maximum Gasteiger partial charge on any atom is 0.277 e. The quantitative estimate of drug-likeness (QED) is 0.388. The van der Waals surface area contributed by atoms with Gasteiger partial charge in [0.15, 0.2) is 0 Å². The van der Waals surface area contributed by atoms with E-state index in [9.17, 15) is 25.0 Å². The molecule has 0 atom stereocenters. The van der Waals surface area contributed by atoms with Crippen LogP contribution in [-0.2, 0) is 13.1 Å². The second-order valence-corrected chi connectivity index (χ2v) is 7.34. The van der Waals surface area contributed by atoms with Gasteiger partial charge >= 0.3 is 0 Å². The molecule has 0 saturated carbocycles. The van der Waals surface area contributed by atoms with E-state index in [0.717, 1.165) is 28.6 Å². The Labute approximate surface area is 175 Å². The molecule has 0 bridgehead atoms. The van der Waals surface area contributed by atoms with Gasteiger partial charge < -0.3 is 9.64 Å². The summed E-state index contributed by atoms with van der Waals surface area (Å²) in [6, 6.07) is 13.8. The summed E-state index contributed by atoms with van der Waals surface area (Å²) in [6.07, 6.45) is 0. The van der Waals surface area contributed by atoms with Crippen LogP contribution < -0.4 is 4.74 Å². The highest BCUT2D eigenvalue weighted by molar-refractivity contribution is 7.09. The minimum absolute atomic E-state index is 0.123. The van der Waals surface area contributed by atoms with Gasteiger partial charge in [0.05, 0.1) is 41.7 Å². The third-order valence-electron chi connectivity index (χ3n) is 4.34. The summed E-state index contributed by atoms with van der Waals surface area (Å²) in [5.41, 5.74) is -0.408. The number of nitrogens with zero attached hydrogens (tertiary/aromatic N) is 3. The summed E-state index contributed by atoms with van der Waals surface area (Å²) in [5, 5.41) is 24.3. The lowest BCUT2D eigenvalue weighted by molar-refractivity contribution is -0.394. The van der Waals surface area contributed by atoms with Crippen molar-refractivity contribution in [2.45, 2.75) is 13.1 Å². The highest BCUT2D eigenvalue weighted by Gasteiger charge is 2.24. The van der Waals surface area contributed by atoms with E-state index < -0.39 is 27.1 Å². The monoisotopic (exact) mass is 427 g/mol. The van der Waals surface area contributed by atoms with Crippen molar-refractivity contribution in [1.82, 2.24) is 4.90 Å². The number of nitro groups is 2. The molecule has 10 heteroatoms. The molecule has 3 aromatic rings. The number of benzene rings is 2. The first-order chi connectivity index (χ1) is 14.4. The number of non-ortho nitro benzene ring substituents is 2. The lowest BCUT2D eigenvalue weighted by Gasteiger charge is -2.23. The topological polar surface area (TPSA) is 116 Å². The van der Waals surface area contributed by atoms with Crippen molar-refractivity contribution < 1.29 is 19.4 Å². The van der Waals surface area contributed by atoms with Crippen LogP contribution in [0, 0.1) is 20.2 Å². The highest BCUT2D eigenvalue weighted by Crippen LogP contribution is 2.27. The molecule has 1 heterocycles. The summed E-state index contributed by atoms with van der Waals surface area (Å²) in [6.45, 7) is 0.405. The Balaban J connectivity index is 2.01. The van der Waals surface area contributed by atoms with Gasteiger partial charge in [-0.25, -0.2) is 0 Å². The molecule has 0 aliphatic carbocycles. The molecule has 0 fully saturated rings. The number of amides is 1. The molecule has 0 saturated heterocycles. The molecule has 3 rings (SSSR count). The maximum absolute atomic E-state index is 13.3. The van der Waals surface area contributed by atoms with E-state index in [-0.39, 0.29) is 18.7 Å². The average Bonchev–Trinajstić information content (AvgIpc) is 3.25. The molecule has 1 aromatic heterocycles. The summed E-state index contributed by atoms with van der Waals surface area (Å²) >= 11 is 1.46. The van der Waals surface area contributed by atoms with Crippen molar-refractivity contribution in [3.8, 4) is 5.75 Å². The summed E-state index contributed by atoms with van der Waals surface area (Å²) < 4.78 is 5.35. The second-order valence-electron chi connectivity index (χ2n) is 6.30. The lowest BCUT2D eigenvalue weighted by atomic mass is 10.1. The van der Waals surface area contributed by atoms with Gasteiger partial charge in [-0.1, -0.05) is 24.3 Å². The number of methoxy groups -OCH3 is 1. The summed E-state index contributed by atoms with van der Waals surface area (Å²) in [7, 11) is 1.52. The fourth-order valence-electron chi connectivity index (χ4n) is 2.94. The first-order valence-electron chi connectivity index (χ1n) is 8.76. The third-order valence-corrected chi connectivity index (χ3v) is 5.20. The number of hydrogen-bond acceptors (Lipinski definition) is 7. The minimum atomic E-state index is -0.756. The van der Waals surface area contributed by atoms with E-state index in [1.165, 1.54) is 23.3 Å². The molecule has 9 nitrogen and oxygen atoms in total. The fourth-order valence-corrected chi connectivity index (χ4v) is 3.66. The Bertz CT molecular complexity index is 1050. The van der Waals surface area contributed by atoms with Crippen LogP contribution in [0.2, 0.25) is 0 Å². The highest BCUT2D eigenvalue weighted by atomic mass is 32.1. The van der Waals surface area contributed by atoms with Crippen molar-refractivity contribution >= 4 is 28.6 Å². The Morgan fingerprint density at radius 3 is 2.23 bits per heavy atom. The van der Waals surface area contributed by atoms with Gasteiger partial charge in [-0.15, -0.1) is 11.3 Å². The zero-order chi connectivity index (χ0) is 21.7. The van der Waals surface area contributed by atoms with Gasteiger partial charge in [-0.05, 0) is 17.5 Å². The van der Waals surface area contributed by atoms with Crippen LogP contribution in [0.1, 0.15) is 20.8 Å². The van der Waals surface area contributed by atoms with Crippen molar-refractivity contribution in [2.75, 3.05) is 7.11 Å². The van der Waals surface area contributed by atoms with Gasteiger partial charge in [0.25, 0.3) is 17.3 Å². The SMILES string of the molecule is COc1ccccc1CN(Cc1cccs1)C(=O)c1cc([N+](=O)[O-])cc([N+](=O)[O-])c1. The van der Waals surface area contributed by atoms with Gasteiger partial charge in [0.2, 0.25) is 0 Å². The van der Waals surface area contributed by atoms with E-state index in [1.54, 1.807) is 12.1 Å². The van der Waals surface area contributed by atoms with Crippen LogP contribution in [0.5, 0.6) is 5.75 Å². The number of rotatable bonds is 8. The molecule has 154 valence electrons. The van der Waals surface area contributed by atoms with E-state index in [2.05, 4.69) is 0 Å². The van der Waals surface area contributed by atoms with E-state index in [0.29, 0.717) is 5.75 Å². The number of para-hydroxylation sites is 1. The number of nitro benzene ring substituents is 2. The van der Waals surface area contributed by atoms with Crippen LogP contribution in [0.4, 0.5) is 11.4 Å². The van der Waals surface area contributed by atoms with Gasteiger partial charge in [-0.3, -0.25) is 25.0 Å². The zero-order valence-electron chi connectivity index (χ0n) is 15.9. The number of thiophene rings is 1. The molecular formula is C20H17N3O6S. The second kappa shape index (κ2) is 9.14. The Morgan fingerprint density at radius 1 is 1.00 bits per heavy atom. The number of hydrogen-bond donors (Lipinski definition) is 0. The number of ether oxygens (including phenoxy) is 1. The Morgan fingerprint density at radius 2 is 1.67 bits per heavy atom. The van der Waals surface area contributed by atoms with Crippen molar-refractivity contribution in [3.63, 3.8) is 0 Å². The van der Waals surface area contributed by atoms with Crippen LogP contribution >= 0.6 is 11.3 Å². The first kappa shape index (κ1) is 20.9. The average molecular weight is 427 g/mol. The predicted molar refractivity (Wildman–Crippen MR) is 111 cm³/mol. The molecule has 0 spiro atoms. The first-order valence-corrected chi connectivity index (χ1v) is 9.64. The standard InChI is InChI=1S/C20H17N3O6S/c1-29-19-7-3-2-5-14(19)12-21(13-18-6-4-8-30-18)20(24)15-9-16(22(25)26)11-17(10-15)23(27)28/h2-11H,12-13H2,1H3. The van der Waals surface area contributed by atoms with Crippen LogP contribution in [-0.4, -0.2) is 27.8 Å². The molecule has 0 radical (unpaired) electrons. The molecule has 0 aliphatic rings.